The van der Waals surface area contributed by atoms with Crippen molar-refractivity contribution in [3.05, 3.63) is 29.8 Å². The summed E-state index contributed by atoms with van der Waals surface area (Å²) in [7, 11) is 6.39. The Morgan fingerprint density at radius 1 is 1.33 bits per heavy atom. The monoisotopic (exact) mass is 291 g/mol. The Hall–Kier alpha value is -1.10. The highest BCUT2D eigenvalue weighted by Crippen LogP contribution is 2.15. The third-order valence-electron chi connectivity index (χ3n) is 4.30. The molecule has 1 aromatic rings. The van der Waals surface area contributed by atoms with Gasteiger partial charge in [0, 0.05) is 19.1 Å². The molecule has 1 heterocycles. The van der Waals surface area contributed by atoms with Gasteiger partial charge >= 0.3 is 0 Å². The number of hydrogen-bond acceptors (Lipinski definition) is 4. The molecule has 1 aromatic carbocycles. The second-order valence-corrected chi connectivity index (χ2v) is 6.04. The summed E-state index contributed by atoms with van der Waals surface area (Å²) >= 11 is 0. The molecular weight excluding hydrogens is 262 g/mol. The van der Waals surface area contributed by atoms with Gasteiger partial charge in [0.1, 0.15) is 12.4 Å². The van der Waals surface area contributed by atoms with Crippen LogP contribution in [0.4, 0.5) is 0 Å². The van der Waals surface area contributed by atoms with E-state index in [0.717, 1.165) is 25.4 Å². The van der Waals surface area contributed by atoms with Crippen molar-refractivity contribution in [1.29, 1.82) is 0 Å². The van der Waals surface area contributed by atoms with Crippen LogP contribution in [0.3, 0.4) is 0 Å². The van der Waals surface area contributed by atoms with Crippen LogP contribution in [-0.2, 0) is 6.54 Å². The third-order valence-corrected chi connectivity index (χ3v) is 4.30. The lowest BCUT2D eigenvalue weighted by Crippen LogP contribution is -2.43. The fraction of sp³-hybridized carbons (Fsp3) is 0.647. The molecule has 1 fully saturated rings. The van der Waals surface area contributed by atoms with Crippen molar-refractivity contribution >= 4 is 0 Å². The lowest BCUT2D eigenvalue weighted by Gasteiger charge is -2.35. The minimum absolute atomic E-state index is 0.709. The maximum atomic E-state index is 5.90. The minimum atomic E-state index is 0.709. The van der Waals surface area contributed by atoms with Crippen molar-refractivity contribution in [1.82, 2.24) is 15.1 Å². The van der Waals surface area contributed by atoms with Crippen LogP contribution in [0, 0.1) is 0 Å². The van der Waals surface area contributed by atoms with Crippen LogP contribution in [-0.4, -0.2) is 63.2 Å². The molecular formula is C17H29N3O. The zero-order chi connectivity index (χ0) is 15.1. The first-order valence-electron chi connectivity index (χ1n) is 7.94. The first-order chi connectivity index (χ1) is 10.2. The van der Waals surface area contributed by atoms with Gasteiger partial charge in [0.05, 0.1) is 0 Å². The normalized spacial score (nSPS) is 17.3. The summed E-state index contributed by atoms with van der Waals surface area (Å²) in [5.74, 6) is 0.972. The van der Waals surface area contributed by atoms with E-state index < -0.39 is 0 Å². The average molecular weight is 291 g/mol. The summed E-state index contributed by atoms with van der Waals surface area (Å²) in [5.41, 5.74) is 1.26. The smallest absolute Gasteiger partial charge is 0.119 e. The molecule has 118 valence electrons. The minimum Gasteiger partial charge on any atom is -0.492 e. The van der Waals surface area contributed by atoms with E-state index in [0.29, 0.717) is 6.04 Å². The highest BCUT2D eigenvalue weighted by atomic mass is 16.5. The van der Waals surface area contributed by atoms with E-state index >= 15 is 0 Å². The number of rotatable bonds is 7. The Morgan fingerprint density at radius 3 is 2.81 bits per heavy atom. The molecule has 0 saturated carbocycles. The summed E-state index contributed by atoms with van der Waals surface area (Å²) in [4.78, 5) is 4.86. The molecule has 1 N–H and O–H groups in total. The van der Waals surface area contributed by atoms with Gasteiger partial charge in [0.25, 0.3) is 0 Å². The van der Waals surface area contributed by atoms with E-state index in [2.05, 4.69) is 47.4 Å². The topological polar surface area (TPSA) is 27.7 Å². The number of likely N-dealkylation sites (N-methyl/N-ethyl adjacent to an activating group) is 1. The van der Waals surface area contributed by atoms with Crippen molar-refractivity contribution < 1.29 is 4.74 Å². The number of likely N-dealkylation sites (tertiary alicyclic amines) is 1. The zero-order valence-electron chi connectivity index (χ0n) is 13.6. The van der Waals surface area contributed by atoms with Crippen LogP contribution in [0.5, 0.6) is 5.75 Å². The highest BCUT2D eigenvalue weighted by Gasteiger charge is 2.20. The Morgan fingerprint density at radius 2 is 2.10 bits per heavy atom. The summed E-state index contributed by atoms with van der Waals surface area (Å²) in [6.07, 6.45) is 2.54. The summed E-state index contributed by atoms with van der Waals surface area (Å²) in [5, 5.41) is 3.16. The van der Waals surface area contributed by atoms with E-state index in [1.54, 1.807) is 0 Å². The molecule has 1 aliphatic heterocycles. The Kier molecular flexibility index (Phi) is 6.49. The van der Waals surface area contributed by atoms with Gasteiger partial charge in [-0.3, -0.25) is 4.90 Å². The lowest BCUT2D eigenvalue weighted by atomic mass is 10.0. The van der Waals surface area contributed by atoms with Gasteiger partial charge in [-0.1, -0.05) is 12.1 Å². The fourth-order valence-corrected chi connectivity index (χ4v) is 2.88. The predicted molar refractivity (Wildman–Crippen MR) is 87.8 cm³/mol. The molecule has 0 amide bonds. The molecule has 0 aromatic heterocycles. The summed E-state index contributed by atoms with van der Waals surface area (Å²) in [6.45, 7) is 5.05. The average Bonchev–Trinajstić information content (AvgIpc) is 2.48. The molecule has 0 unspecified atom stereocenters. The van der Waals surface area contributed by atoms with Crippen molar-refractivity contribution in [3.63, 3.8) is 0 Å². The van der Waals surface area contributed by atoms with Gasteiger partial charge < -0.3 is 15.0 Å². The summed E-state index contributed by atoms with van der Waals surface area (Å²) < 4.78 is 5.90. The van der Waals surface area contributed by atoms with Crippen LogP contribution in [0.15, 0.2) is 24.3 Å². The van der Waals surface area contributed by atoms with Crippen LogP contribution in [0.25, 0.3) is 0 Å². The number of nitrogens with one attached hydrogen (secondary N) is 1. The number of hydrogen-bond donors (Lipinski definition) is 1. The van der Waals surface area contributed by atoms with E-state index in [9.17, 15) is 0 Å². The second-order valence-electron chi connectivity index (χ2n) is 6.04. The quantitative estimate of drug-likeness (QED) is 0.829. The number of ether oxygens (including phenoxy) is 1. The number of piperidine rings is 1. The maximum Gasteiger partial charge on any atom is 0.119 e. The third kappa shape index (κ3) is 5.30. The maximum absolute atomic E-state index is 5.90. The molecule has 0 aliphatic carbocycles. The second kappa shape index (κ2) is 8.37. The van der Waals surface area contributed by atoms with Crippen LogP contribution >= 0.6 is 0 Å². The predicted octanol–water partition coefficient (Wildman–Crippen LogP) is 1.81. The molecule has 0 spiro atoms. The molecule has 4 nitrogen and oxygen atoms in total. The van der Waals surface area contributed by atoms with Crippen LogP contribution in [0.2, 0.25) is 0 Å². The molecule has 0 bridgehead atoms. The number of benzene rings is 1. The largest absolute Gasteiger partial charge is 0.492 e. The van der Waals surface area contributed by atoms with Gasteiger partial charge in [-0.2, -0.15) is 0 Å². The van der Waals surface area contributed by atoms with Crippen molar-refractivity contribution in [2.24, 2.45) is 0 Å². The van der Waals surface area contributed by atoms with E-state index in [1.165, 1.54) is 31.5 Å². The van der Waals surface area contributed by atoms with Crippen LogP contribution < -0.4 is 10.1 Å². The SMILES string of the molecule is CNCc1cccc(OCCN(C)C2CCN(C)CC2)c1. The first kappa shape index (κ1) is 16.3. The Bertz CT molecular complexity index is 416. The van der Waals surface area contributed by atoms with Gasteiger partial charge in [-0.25, -0.2) is 0 Å². The molecule has 4 heteroatoms. The van der Waals surface area contributed by atoms with E-state index in [1.807, 2.05) is 13.1 Å². The molecule has 2 rings (SSSR count). The molecule has 1 saturated heterocycles. The Labute approximate surface area is 129 Å². The van der Waals surface area contributed by atoms with Crippen molar-refractivity contribution in [2.75, 3.05) is 47.4 Å². The van der Waals surface area contributed by atoms with Crippen molar-refractivity contribution in [3.8, 4) is 5.75 Å². The van der Waals surface area contributed by atoms with Gasteiger partial charge in [0.2, 0.25) is 0 Å². The fourth-order valence-electron chi connectivity index (χ4n) is 2.88. The first-order valence-corrected chi connectivity index (χ1v) is 7.94. The standard InChI is InChI=1S/C17H29N3O/c1-18-14-15-5-4-6-17(13-15)21-12-11-20(3)16-7-9-19(2)10-8-16/h4-6,13,16,18H,7-12,14H2,1-3H3. The zero-order valence-corrected chi connectivity index (χ0v) is 13.6. The molecule has 0 atom stereocenters. The Balaban J connectivity index is 1.72. The van der Waals surface area contributed by atoms with E-state index in [4.69, 9.17) is 4.74 Å². The van der Waals surface area contributed by atoms with Crippen molar-refractivity contribution in [2.45, 2.75) is 25.4 Å². The van der Waals surface area contributed by atoms with Gasteiger partial charge in [-0.15, -0.1) is 0 Å². The van der Waals surface area contributed by atoms with Gasteiger partial charge in [-0.05, 0) is 64.8 Å². The lowest BCUT2D eigenvalue weighted by molar-refractivity contribution is 0.127. The van der Waals surface area contributed by atoms with E-state index in [-0.39, 0.29) is 0 Å². The van der Waals surface area contributed by atoms with Crippen LogP contribution in [0.1, 0.15) is 18.4 Å². The number of nitrogens with zero attached hydrogens (tertiary/aromatic N) is 2. The summed E-state index contributed by atoms with van der Waals surface area (Å²) in [6, 6.07) is 9.04. The molecule has 21 heavy (non-hydrogen) atoms. The van der Waals surface area contributed by atoms with Gasteiger partial charge in [0.15, 0.2) is 0 Å². The molecule has 0 radical (unpaired) electrons. The molecule has 1 aliphatic rings. The highest BCUT2D eigenvalue weighted by molar-refractivity contribution is 5.28.